The van der Waals surface area contributed by atoms with E-state index in [0.717, 1.165) is 21.6 Å². The summed E-state index contributed by atoms with van der Waals surface area (Å²) in [5, 5.41) is 37.3. The summed E-state index contributed by atoms with van der Waals surface area (Å²) < 4.78 is 0. The van der Waals surface area contributed by atoms with E-state index < -0.39 is 145 Å². The monoisotopic (exact) mass is 1010 g/mol. The summed E-state index contributed by atoms with van der Waals surface area (Å²) in [6, 6.07) is -5.36. The number of hydrogen-bond acceptors (Lipinski definition) is 15. The van der Waals surface area contributed by atoms with Crippen LogP contribution in [0.15, 0.2) is 24.3 Å². The van der Waals surface area contributed by atoms with Crippen LogP contribution in [0.3, 0.4) is 0 Å². The molecule has 15 N–H and O–H groups in total. The molecule has 2 saturated heterocycles. The SMILES string of the molecule is CC[C@H](C)[C@@H]1NC(=O)[C@H](Cc2ccc(O)cc2)NC(=O)[C@H](N)CSSC[C@H](C(=O)N2CCC[C@H]2C(=O)N[C@@H](CC(C)C)C(=O)NCC(N)=O)NC(=O)[C@H](CC(=O)O)NC(=O)[C@H](CCC(N)=O)NC1=O. The van der Waals surface area contributed by atoms with Gasteiger partial charge in [0.2, 0.25) is 59.1 Å². The topological polar surface area (TPSA) is 394 Å². The number of benzene rings is 1. The van der Waals surface area contributed by atoms with Crippen molar-refractivity contribution in [1.82, 2.24) is 42.1 Å². The average molecular weight is 1010 g/mol. The number of rotatable bonds is 17. The van der Waals surface area contributed by atoms with Crippen molar-refractivity contribution in [2.45, 2.75) is 127 Å². The van der Waals surface area contributed by atoms with E-state index in [4.69, 9.17) is 17.2 Å². The van der Waals surface area contributed by atoms with Crippen molar-refractivity contribution in [2.24, 2.45) is 29.0 Å². The normalized spacial score (nSPS) is 24.3. The van der Waals surface area contributed by atoms with Crippen LogP contribution in [0.25, 0.3) is 0 Å². The van der Waals surface area contributed by atoms with Crippen LogP contribution in [0, 0.1) is 11.8 Å². The molecule has 0 aromatic heterocycles. The van der Waals surface area contributed by atoms with Crippen molar-refractivity contribution in [3.63, 3.8) is 0 Å². The summed E-state index contributed by atoms with van der Waals surface area (Å²) in [5.74, 6) is -11.2. The molecule has 2 heterocycles. The summed E-state index contributed by atoms with van der Waals surface area (Å²) in [7, 11) is 2.00. The number of amides is 10. The molecule has 1 aromatic carbocycles. The van der Waals surface area contributed by atoms with E-state index in [1.807, 2.05) is 0 Å². The zero-order valence-electron chi connectivity index (χ0n) is 38.9. The molecule has 2 aliphatic rings. The third-order valence-corrected chi connectivity index (χ3v) is 13.7. The minimum Gasteiger partial charge on any atom is -0.508 e. The van der Waals surface area contributed by atoms with Gasteiger partial charge in [0.15, 0.2) is 0 Å². The van der Waals surface area contributed by atoms with E-state index in [0.29, 0.717) is 18.4 Å². The zero-order valence-corrected chi connectivity index (χ0v) is 40.6. The Morgan fingerprint density at radius 2 is 1.42 bits per heavy atom. The summed E-state index contributed by atoms with van der Waals surface area (Å²) in [6.45, 7) is 6.53. The first-order valence-electron chi connectivity index (χ1n) is 22.5. The van der Waals surface area contributed by atoms with Gasteiger partial charge in [-0.1, -0.05) is 67.8 Å². The molecule has 26 heteroatoms. The predicted octanol–water partition coefficient (Wildman–Crippen LogP) is -3.01. The van der Waals surface area contributed by atoms with Gasteiger partial charge in [-0.15, -0.1) is 0 Å². The lowest BCUT2D eigenvalue weighted by Crippen LogP contribution is -2.61. The van der Waals surface area contributed by atoms with Crippen molar-refractivity contribution >= 4 is 86.6 Å². The van der Waals surface area contributed by atoms with Crippen LogP contribution < -0.4 is 54.4 Å². The summed E-state index contributed by atoms with van der Waals surface area (Å²) in [5.41, 5.74) is 17.4. The number of nitrogens with two attached hydrogens (primary N) is 3. The van der Waals surface area contributed by atoms with Gasteiger partial charge in [0.1, 0.15) is 48.0 Å². The fourth-order valence-electron chi connectivity index (χ4n) is 7.32. The Bertz CT molecular complexity index is 2050. The van der Waals surface area contributed by atoms with E-state index in [9.17, 15) is 63.0 Å². The fraction of sp³-hybridized carbons (Fsp3) is 0.605. The minimum atomic E-state index is -1.88. The maximum atomic E-state index is 14.5. The minimum absolute atomic E-state index is 0.0297. The number of primary amides is 2. The van der Waals surface area contributed by atoms with Gasteiger partial charge in [0, 0.05) is 30.9 Å². The van der Waals surface area contributed by atoms with E-state index in [-0.39, 0.29) is 49.0 Å². The maximum Gasteiger partial charge on any atom is 0.305 e. The molecular weight excluding hydrogens is 943 g/mol. The Morgan fingerprint density at radius 3 is 2.03 bits per heavy atom. The molecule has 0 radical (unpaired) electrons. The Labute approximate surface area is 407 Å². The number of carboxylic acid groups (broad SMARTS) is 1. The number of nitrogens with zero attached hydrogens (tertiary/aromatic N) is 1. The first-order chi connectivity index (χ1) is 32.5. The maximum absolute atomic E-state index is 14.5. The highest BCUT2D eigenvalue weighted by Crippen LogP contribution is 2.26. The lowest BCUT2D eigenvalue weighted by molar-refractivity contribution is -0.143. The highest BCUT2D eigenvalue weighted by atomic mass is 33.1. The van der Waals surface area contributed by atoms with E-state index in [2.05, 4.69) is 37.2 Å². The van der Waals surface area contributed by atoms with Crippen molar-refractivity contribution < 1.29 is 63.0 Å². The quantitative estimate of drug-likeness (QED) is 0.0692. The van der Waals surface area contributed by atoms with Crippen molar-refractivity contribution in [3.05, 3.63) is 29.8 Å². The van der Waals surface area contributed by atoms with Crippen LogP contribution >= 0.6 is 21.6 Å². The standard InChI is InChI=1S/C43H65N11O13S2/c1-5-22(4)35-42(66)48-26(12-13-32(45)56)38(62)50-29(17-34(58)59)39(63)52-30(20-69-68-19-25(44)36(60)49-28(40(64)53-35)16-23-8-10-24(55)11-9-23)43(67)54-14-6-7-31(54)41(65)51-27(15-21(2)3)37(61)47-18-33(46)57/h8-11,21-22,25-31,35,55H,5-7,12-20,44H2,1-4H3,(H2,45,56)(H2,46,57)(H,47,61)(H,48,66)(H,49,60)(H,50,62)(H,51,65)(H,52,63)(H,53,64)(H,58,59)/t22-,25+,26-,27-,28-,29-,30+,31-,35-/m0/s1. The van der Waals surface area contributed by atoms with Crippen molar-refractivity contribution in [3.8, 4) is 5.75 Å². The number of carbonyl (C=O) groups excluding carboxylic acids is 10. The highest BCUT2D eigenvalue weighted by molar-refractivity contribution is 8.76. The van der Waals surface area contributed by atoms with Crippen LogP contribution in [0.4, 0.5) is 0 Å². The number of aliphatic carboxylic acids is 1. The lowest BCUT2D eigenvalue weighted by Gasteiger charge is -2.31. The van der Waals surface area contributed by atoms with Gasteiger partial charge >= 0.3 is 5.97 Å². The molecule has 10 amide bonds. The number of likely N-dealkylation sites (tertiary alicyclic amines) is 1. The summed E-state index contributed by atoms with van der Waals surface area (Å²) >= 11 is 0. The summed E-state index contributed by atoms with van der Waals surface area (Å²) in [4.78, 5) is 148. The largest absolute Gasteiger partial charge is 0.508 e. The molecule has 0 aliphatic carbocycles. The average Bonchev–Trinajstić information content (AvgIpc) is 3.78. The van der Waals surface area contributed by atoms with Crippen molar-refractivity contribution in [2.75, 3.05) is 24.6 Å². The van der Waals surface area contributed by atoms with E-state index in [1.54, 1.807) is 27.7 Å². The van der Waals surface area contributed by atoms with Gasteiger partial charge in [0.25, 0.3) is 0 Å². The Kier molecular flexibility index (Phi) is 23.0. The molecule has 1 aromatic rings. The fourth-order valence-corrected chi connectivity index (χ4v) is 9.59. The van der Waals surface area contributed by atoms with Crippen LogP contribution in [0.2, 0.25) is 0 Å². The molecule has 0 bridgehead atoms. The second kappa shape index (κ2) is 27.7. The predicted molar refractivity (Wildman–Crippen MR) is 253 cm³/mol. The van der Waals surface area contributed by atoms with Gasteiger partial charge in [-0.25, -0.2) is 0 Å². The Hall–Kier alpha value is -6.15. The molecule has 0 unspecified atom stereocenters. The van der Waals surface area contributed by atoms with Gasteiger partial charge < -0.3 is 69.5 Å². The van der Waals surface area contributed by atoms with E-state index >= 15 is 0 Å². The van der Waals surface area contributed by atoms with Gasteiger partial charge in [-0.3, -0.25) is 52.7 Å². The summed E-state index contributed by atoms with van der Waals surface area (Å²) in [6.07, 6.45) is -1.04. The first-order valence-corrected chi connectivity index (χ1v) is 25.0. The van der Waals surface area contributed by atoms with Crippen LogP contribution in [-0.4, -0.2) is 153 Å². The van der Waals surface area contributed by atoms with Crippen molar-refractivity contribution in [1.29, 1.82) is 0 Å². The second-order valence-electron chi connectivity index (χ2n) is 17.3. The smallest absolute Gasteiger partial charge is 0.305 e. The third-order valence-electron chi connectivity index (χ3n) is 11.3. The molecule has 0 saturated carbocycles. The first kappa shape index (κ1) is 57.2. The molecule has 9 atom stereocenters. The van der Waals surface area contributed by atoms with Crippen LogP contribution in [0.5, 0.6) is 5.75 Å². The molecular formula is C43H65N11O13S2. The van der Waals surface area contributed by atoms with Gasteiger partial charge in [-0.2, -0.15) is 0 Å². The number of phenolic OH excluding ortho intramolecular Hbond substituents is 1. The molecule has 69 heavy (non-hydrogen) atoms. The third kappa shape index (κ3) is 18.7. The Balaban J connectivity index is 2.05. The van der Waals surface area contributed by atoms with E-state index in [1.165, 1.54) is 29.2 Å². The second-order valence-corrected chi connectivity index (χ2v) is 19.9. The van der Waals surface area contributed by atoms with Crippen LogP contribution in [-0.2, 0) is 59.2 Å². The molecule has 24 nitrogen and oxygen atoms in total. The number of carboxylic acids is 1. The number of nitrogens with one attached hydrogen (secondary N) is 7. The zero-order chi connectivity index (χ0) is 51.5. The van der Waals surface area contributed by atoms with Crippen LogP contribution in [0.1, 0.15) is 78.2 Å². The number of aromatic hydroxyl groups is 1. The highest BCUT2D eigenvalue weighted by Gasteiger charge is 2.41. The number of phenols is 1. The Morgan fingerprint density at radius 1 is 0.812 bits per heavy atom. The molecule has 2 fully saturated rings. The van der Waals surface area contributed by atoms with Gasteiger partial charge in [0.05, 0.1) is 19.0 Å². The number of carbonyl (C=O) groups is 11. The molecule has 2 aliphatic heterocycles. The van der Waals surface area contributed by atoms with Gasteiger partial charge in [-0.05, 0) is 55.2 Å². The molecule has 382 valence electrons. The lowest BCUT2D eigenvalue weighted by atomic mass is 9.96. The molecule has 0 spiro atoms. The number of hydrogen-bond donors (Lipinski definition) is 12. The molecule has 3 rings (SSSR count).